The third-order valence-corrected chi connectivity index (χ3v) is 3.45. The van der Waals surface area contributed by atoms with Crippen molar-refractivity contribution in [3.8, 4) is 6.07 Å². The molecule has 0 aromatic rings. The summed E-state index contributed by atoms with van der Waals surface area (Å²) in [5.41, 5.74) is 0. The van der Waals surface area contributed by atoms with Crippen molar-refractivity contribution in [2.75, 3.05) is 13.1 Å². The average molecular weight is 221 g/mol. The van der Waals surface area contributed by atoms with E-state index in [4.69, 9.17) is 5.26 Å². The molecule has 0 radical (unpaired) electrons. The molecule has 1 N–H and O–H groups in total. The van der Waals surface area contributed by atoms with Crippen molar-refractivity contribution in [2.45, 2.75) is 63.6 Å². The van der Waals surface area contributed by atoms with Gasteiger partial charge in [-0.3, -0.25) is 10.2 Å². The van der Waals surface area contributed by atoms with Crippen LogP contribution in [0.5, 0.6) is 0 Å². The molecule has 3 nitrogen and oxygen atoms in total. The fourth-order valence-electron chi connectivity index (χ4n) is 2.12. The lowest BCUT2D eigenvalue weighted by molar-refractivity contribution is 0.243. The van der Waals surface area contributed by atoms with Crippen molar-refractivity contribution in [1.29, 1.82) is 5.26 Å². The van der Waals surface area contributed by atoms with Crippen molar-refractivity contribution in [3.63, 3.8) is 0 Å². The van der Waals surface area contributed by atoms with Crippen molar-refractivity contribution in [2.24, 2.45) is 0 Å². The molecule has 0 saturated heterocycles. The molecular weight excluding hydrogens is 198 g/mol. The van der Waals surface area contributed by atoms with Gasteiger partial charge in [0.2, 0.25) is 0 Å². The lowest BCUT2D eigenvalue weighted by atomic mass is 10.2. The highest BCUT2D eigenvalue weighted by atomic mass is 15.2. The largest absolute Gasteiger partial charge is 0.298 e. The summed E-state index contributed by atoms with van der Waals surface area (Å²) in [6.45, 7) is 4.33. The molecule has 0 amide bonds. The zero-order valence-corrected chi connectivity index (χ0v) is 10.3. The van der Waals surface area contributed by atoms with Gasteiger partial charge in [0.1, 0.15) is 6.04 Å². The Morgan fingerprint density at radius 3 is 2.62 bits per heavy atom. The number of nitriles is 1. The number of hydrogen-bond acceptors (Lipinski definition) is 3. The van der Waals surface area contributed by atoms with Gasteiger partial charge in [0, 0.05) is 18.6 Å². The predicted molar refractivity (Wildman–Crippen MR) is 65.1 cm³/mol. The Balaban J connectivity index is 1.75. The lowest BCUT2D eigenvalue weighted by Gasteiger charge is -2.24. The summed E-state index contributed by atoms with van der Waals surface area (Å²) in [7, 11) is 0. The van der Waals surface area contributed by atoms with Crippen LogP contribution in [-0.4, -0.2) is 36.1 Å². The normalized spacial score (nSPS) is 22.1. The SMILES string of the molecule is CCCCN(CC(C#N)NC1CC1)C1CC1. The van der Waals surface area contributed by atoms with E-state index in [0.29, 0.717) is 6.04 Å². The van der Waals surface area contributed by atoms with Crippen molar-refractivity contribution >= 4 is 0 Å². The number of unbranched alkanes of at least 4 members (excludes halogenated alkanes) is 1. The number of nitrogens with zero attached hydrogens (tertiary/aromatic N) is 2. The fraction of sp³-hybridized carbons (Fsp3) is 0.923. The molecule has 2 aliphatic rings. The standard InChI is InChI=1S/C13H23N3/c1-2-3-8-16(13-6-7-13)10-12(9-14)15-11-4-5-11/h11-13,15H,2-8,10H2,1H3. The highest BCUT2D eigenvalue weighted by Gasteiger charge is 2.31. The lowest BCUT2D eigenvalue weighted by Crippen LogP contribution is -2.42. The molecule has 3 heteroatoms. The quantitative estimate of drug-likeness (QED) is 0.680. The van der Waals surface area contributed by atoms with Gasteiger partial charge in [0.15, 0.2) is 0 Å². The maximum atomic E-state index is 9.14. The van der Waals surface area contributed by atoms with Crippen molar-refractivity contribution < 1.29 is 0 Å². The van der Waals surface area contributed by atoms with Gasteiger partial charge in [0.25, 0.3) is 0 Å². The van der Waals surface area contributed by atoms with E-state index in [1.807, 2.05) is 0 Å². The third-order valence-electron chi connectivity index (χ3n) is 3.45. The minimum atomic E-state index is 0.0463. The molecule has 16 heavy (non-hydrogen) atoms. The molecule has 2 aliphatic carbocycles. The Bertz CT molecular complexity index is 250. The first kappa shape index (κ1) is 11.9. The molecule has 2 rings (SSSR count). The molecule has 0 heterocycles. The molecule has 0 aromatic carbocycles. The van der Waals surface area contributed by atoms with Crippen LogP contribution in [0.15, 0.2) is 0 Å². The zero-order chi connectivity index (χ0) is 11.4. The minimum Gasteiger partial charge on any atom is -0.298 e. The Labute approximate surface area is 98.8 Å². The van der Waals surface area contributed by atoms with E-state index in [1.165, 1.54) is 45.1 Å². The predicted octanol–water partition coefficient (Wildman–Crippen LogP) is 1.90. The van der Waals surface area contributed by atoms with Gasteiger partial charge in [-0.05, 0) is 38.6 Å². The molecule has 90 valence electrons. The van der Waals surface area contributed by atoms with Gasteiger partial charge in [-0.2, -0.15) is 5.26 Å². The highest BCUT2D eigenvalue weighted by Crippen LogP contribution is 2.27. The summed E-state index contributed by atoms with van der Waals surface area (Å²) in [6.07, 6.45) is 7.71. The fourth-order valence-corrected chi connectivity index (χ4v) is 2.12. The molecule has 2 saturated carbocycles. The monoisotopic (exact) mass is 221 g/mol. The first-order valence-electron chi connectivity index (χ1n) is 6.73. The van der Waals surface area contributed by atoms with Crippen LogP contribution in [0.25, 0.3) is 0 Å². The van der Waals surface area contributed by atoms with Crippen molar-refractivity contribution in [3.05, 3.63) is 0 Å². The molecule has 1 atom stereocenters. The van der Waals surface area contributed by atoms with Crippen molar-refractivity contribution in [1.82, 2.24) is 10.2 Å². The number of rotatable bonds is 8. The number of nitrogens with one attached hydrogen (secondary N) is 1. The Morgan fingerprint density at radius 2 is 2.12 bits per heavy atom. The van der Waals surface area contributed by atoms with Crippen LogP contribution < -0.4 is 5.32 Å². The van der Waals surface area contributed by atoms with E-state index < -0.39 is 0 Å². The summed E-state index contributed by atoms with van der Waals surface area (Å²) in [5, 5.41) is 12.6. The molecular formula is C13H23N3. The van der Waals surface area contributed by atoms with Gasteiger partial charge in [-0.15, -0.1) is 0 Å². The van der Waals surface area contributed by atoms with E-state index in [9.17, 15) is 0 Å². The van der Waals surface area contributed by atoms with E-state index in [2.05, 4.69) is 23.2 Å². The van der Waals surface area contributed by atoms with E-state index in [-0.39, 0.29) is 6.04 Å². The second-order valence-electron chi connectivity index (χ2n) is 5.20. The average Bonchev–Trinajstić information content (AvgIpc) is 3.15. The molecule has 0 aliphatic heterocycles. The van der Waals surface area contributed by atoms with Gasteiger partial charge >= 0.3 is 0 Å². The smallest absolute Gasteiger partial charge is 0.108 e. The summed E-state index contributed by atoms with van der Waals surface area (Å²) in [6, 6.07) is 3.87. The summed E-state index contributed by atoms with van der Waals surface area (Å²) >= 11 is 0. The van der Waals surface area contributed by atoms with Gasteiger partial charge < -0.3 is 0 Å². The molecule has 1 unspecified atom stereocenters. The first-order valence-corrected chi connectivity index (χ1v) is 6.73. The van der Waals surface area contributed by atoms with Crippen LogP contribution in [0.2, 0.25) is 0 Å². The van der Waals surface area contributed by atoms with Crippen LogP contribution in [0, 0.1) is 11.3 Å². The van der Waals surface area contributed by atoms with Crippen LogP contribution in [-0.2, 0) is 0 Å². The van der Waals surface area contributed by atoms with Crippen LogP contribution in [0.1, 0.15) is 45.4 Å². The number of hydrogen-bond donors (Lipinski definition) is 1. The first-order chi connectivity index (χ1) is 7.83. The van der Waals surface area contributed by atoms with Gasteiger partial charge in [-0.25, -0.2) is 0 Å². The topological polar surface area (TPSA) is 39.1 Å². The maximum absolute atomic E-state index is 9.14. The highest BCUT2D eigenvalue weighted by molar-refractivity contribution is 4.99. The molecule has 2 fully saturated rings. The summed E-state index contributed by atoms with van der Waals surface area (Å²) < 4.78 is 0. The van der Waals surface area contributed by atoms with E-state index >= 15 is 0 Å². The summed E-state index contributed by atoms with van der Waals surface area (Å²) in [5.74, 6) is 0. The zero-order valence-electron chi connectivity index (χ0n) is 10.3. The minimum absolute atomic E-state index is 0.0463. The Hall–Kier alpha value is -0.590. The maximum Gasteiger partial charge on any atom is 0.108 e. The molecule has 0 aromatic heterocycles. The van der Waals surface area contributed by atoms with Crippen LogP contribution >= 0.6 is 0 Å². The second-order valence-corrected chi connectivity index (χ2v) is 5.20. The van der Waals surface area contributed by atoms with Crippen LogP contribution in [0.3, 0.4) is 0 Å². The van der Waals surface area contributed by atoms with Gasteiger partial charge in [-0.1, -0.05) is 13.3 Å². The Morgan fingerprint density at radius 1 is 1.38 bits per heavy atom. The summed E-state index contributed by atoms with van der Waals surface area (Å²) in [4.78, 5) is 2.52. The van der Waals surface area contributed by atoms with Crippen LogP contribution in [0.4, 0.5) is 0 Å². The molecule has 0 spiro atoms. The molecule has 0 bridgehead atoms. The Kier molecular flexibility index (Phi) is 4.20. The van der Waals surface area contributed by atoms with E-state index in [0.717, 1.165) is 12.6 Å². The second kappa shape index (κ2) is 5.65. The third kappa shape index (κ3) is 3.77. The van der Waals surface area contributed by atoms with Gasteiger partial charge in [0.05, 0.1) is 6.07 Å². The van der Waals surface area contributed by atoms with E-state index in [1.54, 1.807) is 0 Å².